The standard InChI is InChI=1S/C9H9ClFNO2S/c10-6-2-3-7(11)5-1-4-8(9(5)6)12-15(13)14/h2-3,8,12H,1,4H2,(H,13,14). The van der Waals surface area contributed by atoms with Gasteiger partial charge in [0.05, 0.1) is 0 Å². The maximum Gasteiger partial charge on any atom is 0.232 e. The lowest BCUT2D eigenvalue weighted by atomic mass is 10.1. The number of fused-ring (bicyclic) bond motifs is 1. The van der Waals surface area contributed by atoms with Crippen LogP contribution < -0.4 is 4.72 Å². The molecule has 0 amide bonds. The van der Waals surface area contributed by atoms with Gasteiger partial charge in [-0.25, -0.2) is 13.3 Å². The molecule has 2 rings (SSSR count). The molecule has 0 fully saturated rings. The first-order valence-electron chi connectivity index (χ1n) is 4.43. The summed E-state index contributed by atoms with van der Waals surface area (Å²) in [4.78, 5) is 0. The zero-order chi connectivity index (χ0) is 11.0. The zero-order valence-corrected chi connectivity index (χ0v) is 9.24. The Bertz CT molecular complexity index is 427. The quantitative estimate of drug-likeness (QED) is 0.790. The molecule has 15 heavy (non-hydrogen) atoms. The second-order valence-corrected chi connectivity index (χ2v) is 4.52. The molecule has 1 aromatic rings. The predicted molar refractivity (Wildman–Crippen MR) is 56.4 cm³/mol. The molecule has 82 valence electrons. The zero-order valence-electron chi connectivity index (χ0n) is 7.67. The normalized spacial score (nSPS) is 21.4. The van der Waals surface area contributed by atoms with Gasteiger partial charge < -0.3 is 0 Å². The second-order valence-electron chi connectivity index (χ2n) is 3.38. The van der Waals surface area contributed by atoms with Crippen LogP contribution in [-0.2, 0) is 17.7 Å². The molecule has 2 N–H and O–H groups in total. The van der Waals surface area contributed by atoms with Gasteiger partial charge in [-0.15, -0.1) is 0 Å². The monoisotopic (exact) mass is 249 g/mol. The van der Waals surface area contributed by atoms with Crippen molar-refractivity contribution in [1.82, 2.24) is 4.72 Å². The van der Waals surface area contributed by atoms with E-state index in [4.69, 9.17) is 16.2 Å². The van der Waals surface area contributed by atoms with E-state index in [-0.39, 0.29) is 11.9 Å². The van der Waals surface area contributed by atoms with Gasteiger partial charge in [-0.3, -0.25) is 4.55 Å². The molecular formula is C9H9ClFNO2S. The molecule has 0 aromatic heterocycles. The number of rotatable bonds is 2. The molecule has 3 nitrogen and oxygen atoms in total. The maximum atomic E-state index is 13.4. The van der Waals surface area contributed by atoms with Gasteiger partial charge in [0.1, 0.15) is 5.82 Å². The minimum absolute atomic E-state index is 0.303. The van der Waals surface area contributed by atoms with Crippen molar-refractivity contribution in [3.05, 3.63) is 34.1 Å². The average molecular weight is 250 g/mol. The number of hydrogen-bond acceptors (Lipinski definition) is 1. The number of benzene rings is 1. The molecule has 0 radical (unpaired) electrons. The van der Waals surface area contributed by atoms with Crippen molar-refractivity contribution in [2.24, 2.45) is 0 Å². The van der Waals surface area contributed by atoms with E-state index in [0.717, 1.165) is 0 Å². The van der Waals surface area contributed by atoms with E-state index in [1.807, 2.05) is 0 Å². The molecule has 0 saturated heterocycles. The van der Waals surface area contributed by atoms with Crippen molar-refractivity contribution in [3.8, 4) is 0 Å². The predicted octanol–water partition coefficient (Wildman–Crippen LogP) is 2.19. The summed E-state index contributed by atoms with van der Waals surface area (Å²) in [6, 6.07) is 2.45. The first-order valence-corrected chi connectivity index (χ1v) is 5.92. The fourth-order valence-corrected chi connectivity index (χ4v) is 2.70. The summed E-state index contributed by atoms with van der Waals surface area (Å²) in [7, 11) is 0. The minimum Gasteiger partial charge on any atom is -0.294 e. The van der Waals surface area contributed by atoms with Crippen molar-refractivity contribution in [2.75, 3.05) is 0 Å². The van der Waals surface area contributed by atoms with Crippen LogP contribution in [0.25, 0.3) is 0 Å². The van der Waals surface area contributed by atoms with Crippen LogP contribution in [0.5, 0.6) is 0 Å². The van der Waals surface area contributed by atoms with Crippen LogP contribution in [-0.4, -0.2) is 8.76 Å². The molecule has 1 aliphatic rings. The van der Waals surface area contributed by atoms with Crippen LogP contribution in [0.15, 0.2) is 12.1 Å². The summed E-state index contributed by atoms with van der Waals surface area (Å²) < 4.78 is 35.1. The van der Waals surface area contributed by atoms with E-state index >= 15 is 0 Å². The van der Waals surface area contributed by atoms with Crippen molar-refractivity contribution >= 4 is 22.9 Å². The summed E-state index contributed by atoms with van der Waals surface area (Å²) >= 11 is 3.82. The third-order valence-corrected chi connectivity index (χ3v) is 3.34. The number of hydrogen-bond donors (Lipinski definition) is 2. The maximum absolute atomic E-state index is 13.4. The largest absolute Gasteiger partial charge is 0.294 e. The summed E-state index contributed by atoms with van der Waals surface area (Å²) in [6.07, 6.45) is 1.12. The third-order valence-electron chi connectivity index (χ3n) is 2.52. The first kappa shape index (κ1) is 11.0. The van der Waals surface area contributed by atoms with Gasteiger partial charge in [-0.2, -0.15) is 0 Å². The van der Waals surface area contributed by atoms with E-state index < -0.39 is 11.3 Å². The van der Waals surface area contributed by atoms with Crippen LogP contribution in [0.2, 0.25) is 5.02 Å². The van der Waals surface area contributed by atoms with Crippen molar-refractivity contribution in [3.63, 3.8) is 0 Å². The fraction of sp³-hybridized carbons (Fsp3) is 0.333. The van der Waals surface area contributed by atoms with Gasteiger partial charge in [0.25, 0.3) is 0 Å². The highest BCUT2D eigenvalue weighted by Gasteiger charge is 2.28. The van der Waals surface area contributed by atoms with Gasteiger partial charge in [0, 0.05) is 11.1 Å². The van der Waals surface area contributed by atoms with Crippen molar-refractivity contribution < 1.29 is 13.2 Å². The lowest BCUT2D eigenvalue weighted by Crippen LogP contribution is -2.21. The van der Waals surface area contributed by atoms with Crippen LogP contribution >= 0.6 is 11.6 Å². The Labute approximate surface area is 94.1 Å². The van der Waals surface area contributed by atoms with Crippen LogP contribution in [0.4, 0.5) is 4.39 Å². The highest BCUT2D eigenvalue weighted by molar-refractivity contribution is 7.77. The highest BCUT2D eigenvalue weighted by Crippen LogP contribution is 2.37. The molecule has 0 aliphatic heterocycles. The summed E-state index contributed by atoms with van der Waals surface area (Å²) in [5, 5.41) is 0.437. The molecule has 0 heterocycles. The smallest absolute Gasteiger partial charge is 0.232 e. The van der Waals surface area contributed by atoms with Gasteiger partial charge in [-0.05, 0) is 36.1 Å². The topological polar surface area (TPSA) is 49.3 Å². The van der Waals surface area contributed by atoms with E-state index in [9.17, 15) is 8.60 Å². The highest BCUT2D eigenvalue weighted by atomic mass is 35.5. The molecule has 0 spiro atoms. The van der Waals surface area contributed by atoms with Crippen molar-refractivity contribution in [1.29, 1.82) is 0 Å². The Morgan fingerprint density at radius 3 is 3.00 bits per heavy atom. The minimum atomic E-state index is -2.11. The molecule has 1 aromatic carbocycles. The molecule has 1 aliphatic carbocycles. The number of nitrogens with one attached hydrogen (secondary N) is 1. The van der Waals surface area contributed by atoms with E-state index in [1.54, 1.807) is 0 Å². The summed E-state index contributed by atoms with van der Waals surface area (Å²) in [5.74, 6) is -0.303. The Balaban J connectivity index is 2.41. The fourth-order valence-electron chi connectivity index (χ4n) is 1.91. The van der Waals surface area contributed by atoms with Crippen LogP contribution in [0.3, 0.4) is 0 Å². The number of halogens is 2. The second kappa shape index (κ2) is 4.17. The van der Waals surface area contributed by atoms with E-state index in [0.29, 0.717) is 29.0 Å². The van der Waals surface area contributed by atoms with Crippen LogP contribution in [0, 0.1) is 5.82 Å². The Kier molecular flexibility index (Phi) is 3.06. The van der Waals surface area contributed by atoms with Gasteiger partial charge in [-0.1, -0.05) is 11.6 Å². The molecule has 2 unspecified atom stereocenters. The lowest BCUT2D eigenvalue weighted by molar-refractivity contribution is 0.526. The Hall–Kier alpha value is -0.490. The Morgan fingerprint density at radius 1 is 1.60 bits per heavy atom. The summed E-state index contributed by atoms with van der Waals surface area (Å²) in [5.41, 5.74) is 1.16. The van der Waals surface area contributed by atoms with Gasteiger partial charge >= 0.3 is 0 Å². The van der Waals surface area contributed by atoms with Gasteiger partial charge in [0.15, 0.2) is 0 Å². The molecular weight excluding hydrogens is 241 g/mol. The SMILES string of the molecule is O=S(O)NC1CCc2c(F)ccc(Cl)c21. The lowest BCUT2D eigenvalue weighted by Gasteiger charge is -2.12. The van der Waals surface area contributed by atoms with E-state index in [2.05, 4.69) is 4.72 Å². The molecule has 0 bridgehead atoms. The van der Waals surface area contributed by atoms with Gasteiger partial charge in [0.2, 0.25) is 11.3 Å². The third kappa shape index (κ3) is 2.06. The Morgan fingerprint density at radius 2 is 2.33 bits per heavy atom. The first-order chi connectivity index (χ1) is 7.09. The summed E-state index contributed by atoms with van der Waals surface area (Å²) in [6.45, 7) is 0. The molecule has 0 saturated carbocycles. The van der Waals surface area contributed by atoms with Crippen LogP contribution in [0.1, 0.15) is 23.6 Å². The molecule has 2 atom stereocenters. The average Bonchev–Trinajstić information content (AvgIpc) is 2.56. The van der Waals surface area contributed by atoms with E-state index in [1.165, 1.54) is 12.1 Å². The molecule has 6 heteroatoms. The van der Waals surface area contributed by atoms with Crippen molar-refractivity contribution in [2.45, 2.75) is 18.9 Å².